The van der Waals surface area contributed by atoms with Gasteiger partial charge < -0.3 is 14.8 Å². The van der Waals surface area contributed by atoms with Crippen molar-refractivity contribution in [1.29, 1.82) is 0 Å². The molecule has 0 amide bonds. The number of rotatable bonds is 7. The summed E-state index contributed by atoms with van der Waals surface area (Å²) in [7, 11) is 1.36. The molecular formula is C27H31NO3. The van der Waals surface area contributed by atoms with Crippen molar-refractivity contribution in [3.05, 3.63) is 77.4 Å². The van der Waals surface area contributed by atoms with E-state index >= 15 is 0 Å². The van der Waals surface area contributed by atoms with Gasteiger partial charge in [0.1, 0.15) is 5.75 Å². The molecule has 0 spiro atoms. The minimum Gasteiger partial charge on any atom is -0.482 e. The van der Waals surface area contributed by atoms with Crippen molar-refractivity contribution >= 4 is 16.7 Å². The van der Waals surface area contributed by atoms with Crippen LogP contribution in [0.15, 0.2) is 60.7 Å². The van der Waals surface area contributed by atoms with Crippen LogP contribution in [0, 0.1) is 6.92 Å². The number of hydrogen-bond acceptors (Lipinski definition) is 4. The van der Waals surface area contributed by atoms with Crippen LogP contribution in [0.4, 0.5) is 0 Å². The molecule has 3 aromatic carbocycles. The van der Waals surface area contributed by atoms with Crippen molar-refractivity contribution in [2.75, 3.05) is 13.7 Å². The van der Waals surface area contributed by atoms with Crippen LogP contribution in [0.1, 0.15) is 54.8 Å². The standard InChI is InChI=1S/C27H31NO3/c1-18-8-15-25(26-7-5-4-6-24(18)26)19(2)28-22-12-9-21(16-22)20-10-13-23(14-11-20)31-17-27(29)30-3/h4-8,10-11,13-15,19,21-22,28H,9,12,16-17H2,1-3H3/t19-,21-,22?/m1/s1. The fourth-order valence-corrected chi connectivity index (χ4v) is 4.77. The smallest absolute Gasteiger partial charge is 0.343 e. The second-order valence-electron chi connectivity index (χ2n) is 8.55. The first-order chi connectivity index (χ1) is 15.0. The maximum absolute atomic E-state index is 11.2. The maximum Gasteiger partial charge on any atom is 0.343 e. The molecule has 0 aliphatic heterocycles. The van der Waals surface area contributed by atoms with Gasteiger partial charge in [-0.05, 0) is 78.6 Å². The highest BCUT2D eigenvalue weighted by Crippen LogP contribution is 2.36. The van der Waals surface area contributed by atoms with Crippen molar-refractivity contribution in [2.24, 2.45) is 0 Å². The summed E-state index contributed by atoms with van der Waals surface area (Å²) >= 11 is 0. The second-order valence-corrected chi connectivity index (χ2v) is 8.55. The minimum atomic E-state index is -0.371. The SMILES string of the molecule is COC(=O)COc1ccc([C@@H]2CCC(N[C@H](C)c3ccc(C)c4ccccc34)C2)cc1. The average Bonchev–Trinajstić information content (AvgIpc) is 3.26. The third-order valence-electron chi connectivity index (χ3n) is 6.50. The summed E-state index contributed by atoms with van der Waals surface area (Å²) in [5.74, 6) is 0.875. The van der Waals surface area contributed by atoms with Gasteiger partial charge in [-0.2, -0.15) is 0 Å². The average molecular weight is 418 g/mol. The van der Waals surface area contributed by atoms with E-state index in [4.69, 9.17) is 4.74 Å². The number of methoxy groups -OCH3 is 1. The molecular weight excluding hydrogens is 386 g/mol. The molecule has 4 heteroatoms. The number of benzene rings is 3. The zero-order chi connectivity index (χ0) is 21.8. The summed E-state index contributed by atoms with van der Waals surface area (Å²) in [6, 6.07) is 22.1. The van der Waals surface area contributed by atoms with E-state index in [9.17, 15) is 4.79 Å². The van der Waals surface area contributed by atoms with Crippen molar-refractivity contribution in [1.82, 2.24) is 5.32 Å². The third-order valence-corrected chi connectivity index (χ3v) is 6.50. The third kappa shape index (κ3) is 4.91. The van der Waals surface area contributed by atoms with E-state index in [1.807, 2.05) is 12.1 Å². The molecule has 162 valence electrons. The fraction of sp³-hybridized carbons (Fsp3) is 0.370. The van der Waals surface area contributed by atoms with Crippen LogP contribution >= 0.6 is 0 Å². The molecule has 0 saturated heterocycles. The summed E-state index contributed by atoms with van der Waals surface area (Å²) in [5, 5.41) is 6.57. The predicted molar refractivity (Wildman–Crippen MR) is 125 cm³/mol. The molecule has 1 fully saturated rings. The lowest BCUT2D eigenvalue weighted by molar-refractivity contribution is -0.142. The molecule has 0 radical (unpaired) electrons. The van der Waals surface area contributed by atoms with Crippen LogP contribution in [-0.2, 0) is 9.53 Å². The Bertz CT molecular complexity index is 1040. The second kappa shape index (κ2) is 9.52. The van der Waals surface area contributed by atoms with Gasteiger partial charge in [0.2, 0.25) is 0 Å². The predicted octanol–water partition coefficient (Wildman–Crippen LogP) is 5.69. The highest BCUT2D eigenvalue weighted by molar-refractivity contribution is 5.88. The zero-order valence-electron chi connectivity index (χ0n) is 18.6. The molecule has 31 heavy (non-hydrogen) atoms. The van der Waals surface area contributed by atoms with Crippen LogP contribution in [0.3, 0.4) is 0 Å². The van der Waals surface area contributed by atoms with Gasteiger partial charge in [0, 0.05) is 12.1 Å². The van der Waals surface area contributed by atoms with E-state index in [1.165, 1.54) is 47.4 Å². The van der Waals surface area contributed by atoms with Gasteiger partial charge in [-0.15, -0.1) is 0 Å². The Morgan fingerprint density at radius 3 is 2.52 bits per heavy atom. The number of esters is 1. The van der Waals surface area contributed by atoms with E-state index in [1.54, 1.807) is 0 Å². The van der Waals surface area contributed by atoms with Crippen LogP contribution in [0.25, 0.3) is 10.8 Å². The Morgan fingerprint density at radius 2 is 1.77 bits per heavy atom. The van der Waals surface area contributed by atoms with Gasteiger partial charge in [-0.25, -0.2) is 4.79 Å². The molecule has 1 aliphatic carbocycles. The van der Waals surface area contributed by atoms with Crippen LogP contribution in [0.5, 0.6) is 5.75 Å². The largest absolute Gasteiger partial charge is 0.482 e. The number of nitrogens with one attached hydrogen (secondary N) is 1. The molecule has 4 rings (SSSR count). The van der Waals surface area contributed by atoms with E-state index in [-0.39, 0.29) is 12.6 Å². The van der Waals surface area contributed by atoms with Gasteiger partial charge in [-0.3, -0.25) is 0 Å². The number of hydrogen-bond donors (Lipinski definition) is 1. The van der Waals surface area contributed by atoms with Crippen molar-refractivity contribution in [3.63, 3.8) is 0 Å². The molecule has 0 bridgehead atoms. The number of carbonyl (C=O) groups excluding carboxylic acids is 1. The molecule has 0 aromatic heterocycles. The normalized spacial score (nSPS) is 19.3. The Kier molecular flexibility index (Phi) is 6.57. The van der Waals surface area contributed by atoms with E-state index < -0.39 is 0 Å². The Balaban J connectivity index is 1.37. The lowest BCUT2D eigenvalue weighted by Crippen LogP contribution is -2.29. The topological polar surface area (TPSA) is 47.6 Å². The number of ether oxygens (including phenoxy) is 2. The Labute approximate surface area is 184 Å². The van der Waals surface area contributed by atoms with Gasteiger partial charge in [0.25, 0.3) is 0 Å². The lowest BCUT2D eigenvalue weighted by atomic mass is 9.95. The van der Waals surface area contributed by atoms with Crippen molar-refractivity contribution in [2.45, 2.75) is 51.1 Å². The molecule has 0 heterocycles. The van der Waals surface area contributed by atoms with Crippen LogP contribution < -0.4 is 10.1 Å². The number of carbonyl (C=O) groups is 1. The van der Waals surface area contributed by atoms with Gasteiger partial charge >= 0.3 is 5.97 Å². The van der Waals surface area contributed by atoms with Gasteiger partial charge in [0.15, 0.2) is 6.61 Å². The Hall–Kier alpha value is -2.85. The summed E-state index contributed by atoms with van der Waals surface area (Å²) in [5.41, 5.74) is 4.03. The summed E-state index contributed by atoms with van der Waals surface area (Å²) in [6.45, 7) is 4.40. The number of aryl methyl sites for hydroxylation is 1. The fourth-order valence-electron chi connectivity index (χ4n) is 4.77. The van der Waals surface area contributed by atoms with E-state index in [2.05, 4.69) is 72.4 Å². The molecule has 1 unspecified atom stereocenters. The quantitative estimate of drug-likeness (QED) is 0.502. The molecule has 3 aromatic rings. The highest BCUT2D eigenvalue weighted by atomic mass is 16.6. The van der Waals surface area contributed by atoms with Crippen molar-refractivity contribution < 1.29 is 14.3 Å². The zero-order valence-corrected chi connectivity index (χ0v) is 18.6. The number of fused-ring (bicyclic) bond motifs is 1. The highest BCUT2D eigenvalue weighted by Gasteiger charge is 2.27. The van der Waals surface area contributed by atoms with Gasteiger partial charge in [0.05, 0.1) is 7.11 Å². The first kappa shape index (κ1) is 21.4. The van der Waals surface area contributed by atoms with Crippen LogP contribution in [-0.4, -0.2) is 25.7 Å². The van der Waals surface area contributed by atoms with E-state index in [0.29, 0.717) is 23.8 Å². The summed E-state index contributed by atoms with van der Waals surface area (Å²) in [4.78, 5) is 11.2. The molecule has 1 N–H and O–H groups in total. The summed E-state index contributed by atoms with van der Waals surface area (Å²) in [6.07, 6.45) is 3.50. The van der Waals surface area contributed by atoms with Crippen molar-refractivity contribution in [3.8, 4) is 5.75 Å². The van der Waals surface area contributed by atoms with E-state index in [0.717, 1.165) is 6.42 Å². The van der Waals surface area contributed by atoms with Gasteiger partial charge in [-0.1, -0.05) is 48.5 Å². The van der Waals surface area contributed by atoms with Crippen LogP contribution in [0.2, 0.25) is 0 Å². The Morgan fingerprint density at radius 1 is 1.03 bits per heavy atom. The monoisotopic (exact) mass is 417 g/mol. The molecule has 4 nitrogen and oxygen atoms in total. The lowest BCUT2D eigenvalue weighted by Gasteiger charge is -2.22. The minimum absolute atomic E-state index is 0.0587. The first-order valence-electron chi connectivity index (χ1n) is 11.1. The maximum atomic E-state index is 11.2. The molecule has 3 atom stereocenters. The molecule has 1 aliphatic rings. The first-order valence-corrected chi connectivity index (χ1v) is 11.1. The molecule has 1 saturated carbocycles. The summed E-state index contributed by atoms with van der Waals surface area (Å²) < 4.78 is 10.1.